The van der Waals surface area contributed by atoms with Crippen LogP contribution in [-0.4, -0.2) is 43.2 Å². The predicted octanol–water partition coefficient (Wildman–Crippen LogP) is 4.69. The van der Waals surface area contributed by atoms with Crippen molar-refractivity contribution in [2.24, 2.45) is 0 Å². The lowest BCUT2D eigenvalue weighted by atomic mass is 10.1. The molecule has 26 heavy (non-hydrogen) atoms. The smallest absolute Gasteiger partial charge is 0.308 e. The van der Waals surface area contributed by atoms with Crippen molar-refractivity contribution in [2.45, 2.75) is 97.2 Å². The van der Waals surface area contributed by atoms with Crippen molar-refractivity contribution in [1.29, 1.82) is 0 Å². The Kier molecular flexibility index (Phi) is 17.8. The van der Waals surface area contributed by atoms with Crippen LogP contribution in [0.15, 0.2) is 0 Å². The average Bonchev–Trinajstić information content (AvgIpc) is 2.59. The maximum absolute atomic E-state index is 11.7. The molecule has 0 fully saturated rings. The first-order chi connectivity index (χ1) is 12.6. The van der Waals surface area contributed by atoms with Crippen molar-refractivity contribution >= 4 is 11.9 Å². The summed E-state index contributed by atoms with van der Waals surface area (Å²) >= 11 is 0. The zero-order valence-electron chi connectivity index (χ0n) is 16.7. The van der Waals surface area contributed by atoms with Gasteiger partial charge in [0.25, 0.3) is 0 Å². The molecule has 0 heterocycles. The van der Waals surface area contributed by atoms with Gasteiger partial charge in [0.1, 0.15) is 0 Å². The summed E-state index contributed by atoms with van der Waals surface area (Å²) in [6.07, 6.45) is 10.3. The number of hydrogen-bond acceptors (Lipinski definition) is 5. The van der Waals surface area contributed by atoms with Gasteiger partial charge in [-0.3, -0.25) is 9.59 Å². The number of ether oxygens (including phenoxy) is 3. The largest absolute Gasteiger partial charge is 0.481 e. The molecule has 0 aliphatic heterocycles. The molecule has 0 saturated carbocycles. The maximum Gasteiger partial charge on any atom is 0.308 e. The second-order valence-corrected chi connectivity index (χ2v) is 6.62. The van der Waals surface area contributed by atoms with Gasteiger partial charge in [0, 0.05) is 19.4 Å². The van der Waals surface area contributed by atoms with Crippen molar-refractivity contribution in [1.82, 2.24) is 0 Å². The lowest BCUT2D eigenvalue weighted by Crippen LogP contribution is -2.20. The molecule has 1 atom stereocenters. The molecule has 6 heteroatoms. The van der Waals surface area contributed by atoms with Gasteiger partial charge in [-0.1, -0.05) is 51.9 Å². The van der Waals surface area contributed by atoms with E-state index in [2.05, 4.69) is 6.92 Å². The molecule has 0 bridgehead atoms. The van der Waals surface area contributed by atoms with Crippen molar-refractivity contribution in [2.75, 3.05) is 19.8 Å². The van der Waals surface area contributed by atoms with E-state index in [4.69, 9.17) is 19.3 Å². The molecular formula is C20H38O6. The quantitative estimate of drug-likeness (QED) is 0.201. The highest BCUT2D eigenvalue weighted by Crippen LogP contribution is 2.09. The minimum absolute atomic E-state index is 0.233. The van der Waals surface area contributed by atoms with Crippen LogP contribution in [0.3, 0.4) is 0 Å². The van der Waals surface area contributed by atoms with E-state index in [9.17, 15) is 9.59 Å². The van der Waals surface area contributed by atoms with Crippen LogP contribution in [0.5, 0.6) is 0 Å². The number of hydrogen-bond donors (Lipinski definition) is 1. The summed E-state index contributed by atoms with van der Waals surface area (Å²) in [5, 5.41) is 8.54. The van der Waals surface area contributed by atoms with E-state index in [1.165, 1.54) is 19.3 Å². The third-order valence-electron chi connectivity index (χ3n) is 4.04. The van der Waals surface area contributed by atoms with Crippen LogP contribution >= 0.6 is 0 Å². The highest BCUT2D eigenvalue weighted by molar-refractivity contribution is 5.69. The molecule has 0 aromatic rings. The van der Waals surface area contributed by atoms with Gasteiger partial charge in [-0.25, -0.2) is 0 Å². The first-order valence-electron chi connectivity index (χ1n) is 10.2. The predicted molar refractivity (Wildman–Crippen MR) is 101 cm³/mol. The van der Waals surface area contributed by atoms with Gasteiger partial charge in [0.2, 0.25) is 0 Å². The molecule has 154 valence electrons. The highest BCUT2D eigenvalue weighted by atomic mass is 16.7. The second kappa shape index (κ2) is 18.6. The molecule has 0 aliphatic carbocycles. The first-order valence-corrected chi connectivity index (χ1v) is 10.2. The lowest BCUT2D eigenvalue weighted by Gasteiger charge is -2.14. The van der Waals surface area contributed by atoms with Gasteiger partial charge >= 0.3 is 11.9 Å². The maximum atomic E-state index is 11.7. The number of carbonyl (C=O) groups excluding carboxylic acids is 1. The van der Waals surface area contributed by atoms with Crippen LogP contribution in [0.25, 0.3) is 0 Å². The van der Waals surface area contributed by atoms with E-state index in [1.54, 1.807) is 6.92 Å². The number of carboxylic acid groups (broad SMARTS) is 1. The van der Waals surface area contributed by atoms with Crippen LogP contribution in [-0.2, 0) is 23.8 Å². The normalized spacial score (nSPS) is 12.1. The minimum atomic E-state index is -0.734. The number of rotatable bonds is 19. The summed E-state index contributed by atoms with van der Waals surface area (Å²) in [4.78, 5) is 22.1. The minimum Gasteiger partial charge on any atom is -0.481 e. The van der Waals surface area contributed by atoms with Crippen LogP contribution in [0.4, 0.5) is 0 Å². The van der Waals surface area contributed by atoms with Crippen molar-refractivity contribution in [3.63, 3.8) is 0 Å². The zero-order valence-corrected chi connectivity index (χ0v) is 16.7. The number of carbonyl (C=O) groups is 2. The van der Waals surface area contributed by atoms with Crippen molar-refractivity contribution < 1.29 is 28.9 Å². The molecule has 1 N–H and O–H groups in total. The Morgan fingerprint density at radius 3 is 2.08 bits per heavy atom. The fourth-order valence-corrected chi connectivity index (χ4v) is 2.54. The Morgan fingerprint density at radius 2 is 1.42 bits per heavy atom. The molecule has 0 aromatic carbocycles. The first kappa shape index (κ1) is 24.9. The fourth-order valence-electron chi connectivity index (χ4n) is 2.54. The zero-order chi connectivity index (χ0) is 19.5. The van der Waals surface area contributed by atoms with Crippen molar-refractivity contribution in [3.05, 3.63) is 0 Å². The lowest BCUT2D eigenvalue weighted by molar-refractivity contribution is -0.177. The Labute approximate surface area is 158 Å². The molecule has 0 amide bonds. The second-order valence-electron chi connectivity index (χ2n) is 6.62. The average molecular weight is 375 g/mol. The third kappa shape index (κ3) is 19.2. The molecule has 0 spiro atoms. The van der Waals surface area contributed by atoms with E-state index in [0.29, 0.717) is 19.6 Å². The van der Waals surface area contributed by atoms with Gasteiger partial charge in [0.05, 0.1) is 13.2 Å². The van der Waals surface area contributed by atoms with E-state index in [0.717, 1.165) is 51.6 Å². The van der Waals surface area contributed by atoms with E-state index in [-0.39, 0.29) is 12.4 Å². The van der Waals surface area contributed by atoms with Crippen molar-refractivity contribution in [3.8, 4) is 0 Å². The molecule has 1 unspecified atom stereocenters. The summed E-state index contributed by atoms with van der Waals surface area (Å²) < 4.78 is 16.1. The molecule has 0 rings (SSSR count). The molecule has 0 radical (unpaired) electrons. The molecule has 6 nitrogen and oxygen atoms in total. The van der Waals surface area contributed by atoms with Crippen LogP contribution in [0, 0.1) is 0 Å². The summed E-state index contributed by atoms with van der Waals surface area (Å²) in [5.41, 5.74) is 0. The SMILES string of the molecule is CCCCCCOCCOC(C)OC(=O)CCCCCCCCC(=O)O. The molecule has 0 aromatic heterocycles. The summed E-state index contributed by atoms with van der Waals surface area (Å²) in [5.74, 6) is -0.966. The Bertz CT molecular complexity index is 345. The van der Waals surface area contributed by atoms with Crippen LogP contribution < -0.4 is 0 Å². The summed E-state index contributed by atoms with van der Waals surface area (Å²) in [7, 11) is 0. The van der Waals surface area contributed by atoms with E-state index < -0.39 is 12.3 Å². The molecular weight excluding hydrogens is 336 g/mol. The fraction of sp³-hybridized carbons (Fsp3) is 0.900. The number of esters is 1. The monoisotopic (exact) mass is 374 g/mol. The number of unbranched alkanes of at least 4 members (excludes halogenated alkanes) is 8. The van der Waals surface area contributed by atoms with E-state index >= 15 is 0 Å². The van der Waals surface area contributed by atoms with Gasteiger partial charge in [0.15, 0.2) is 6.29 Å². The number of aliphatic carboxylic acids is 1. The Balaban J connectivity index is 3.36. The topological polar surface area (TPSA) is 82.1 Å². The van der Waals surface area contributed by atoms with Gasteiger partial charge in [-0.15, -0.1) is 0 Å². The van der Waals surface area contributed by atoms with Crippen LogP contribution in [0.2, 0.25) is 0 Å². The summed E-state index contributed by atoms with van der Waals surface area (Å²) in [6, 6.07) is 0. The van der Waals surface area contributed by atoms with E-state index in [1.807, 2.05) is 0 Å². The third-order valence-corrected chi connectivity index (χ3v) is 4.04. The van der Waals surface area contributed by atoms with Gasteiger partial charge in [-0.05, 0) is 26.2 Å². The van der Waals surface area contributed by atoms with Crippen LogP contribution in [0.1, 0.15) is 90.9 Å². The van der Waals surface area contributed by atoms with Gasteiger partial charge in [-0.2, -0.15) is 0 Å². The Morgan fingerprint density at radius 1 is 0.808 bits per heavy atom. The number of carboxylic acids is 1. The molecule has 0 aliphatic rings. The molecule has 0 saturated heterocycles. The van der Waals surface area contributed by atoms with Gasteiger partial charge < -0.3 is 19.3 Å². The highest BCUT2D eigenvalue weighted by Gasteiger charge is 2.09. The summed E-state index contributed by atoms with van der Waals surface area (Å²) in [6.45, 7) is 5.62. The standard InChI is InChI=1S/C20H38O6/c1-3-4-5-12-15-24-16-17-25-18(2)26-20(23)14-11-9-7-6-8-10-13-19(21)22/h18H,3-17H2,1-2H3,(H,21,22). The Hall–Kier alpha value is -1.14.